The van der Waals surface area contributed by atoms with Gasteiger partial charge in [0.15, 0.2) is 0 Å². The second-order valence-electron chi connectivity index (χ2n) is 4.25. The molecule has 2 aromatic carbocycles. The number of nitrogens with one attached hydrogen (secondary N) is 1. The van der Waals surface area contributed by atoms with Crippen LogP contribution in [0.3, 0.4) is 0 Å². The third-order valence-electron chi connectivity index (χ3n) is 2.84. The maximum Gasteiger partial charge on any atom is 0.337 e. The van der Waals surface area contributed by atoms with Crippen molar-refractivity contribution in [2.75, 3.05) is 11.1 Å². The van der Waals surface area contributed by atoms with Gasteiger partial charge in [0.2, 0.25) is 0 Å². The third-order valence-corrected chi connectivity index (χ3v) is 5.70. The van der Waals surface area contributed by atoms with E-state index in [1.807, 2.05) is 28.7 Å². The molecule has 4 N–H and O–H groups in total. The molecule has 1 amide bonds. The summed E-state index contributed by atoms with van der Waals surface area (Å²) in [5.41, 5.74) is 7.25. The molecular formula is C14H9I3N2O3. The summed E-state index contributed by atoms with van der Waals surface area (Å²) >= 11 is 6.20. The molecule has 0 saturated heterocycles. The van der Waals surface area contributed by atoms with E-state index in [1.54, 1.807) is 18.2 Å². The number of amides is 1. The number of hydrogen-bond acceptors (Lipinski definition) is 3. The lowest BCUT2D eigenvalue weighted by molar-refractivity contribution is 0.0698. The molecule has 0 aliphatic heterocycles. The molecule has 114 valence electrons. The van der Waals surface area contributed by atoms with Crippen LogP contribution in [0.15, 0.2) is 30.3 Å². The molecule has 2 aromatic rings. The fourth-order valence-corrected chi connectivity index (χ4v) is 5.64. The Balaban J connectivity index is 2.43. The average molecular weight is 634 g/mol. The number of aromatic carboxylic acids is 1. The van der Waals surface area contributed by atoms with Crippen LogP contribution in [0.5, 0.6) is 0 Å². The Kier molecular flexibility index (Phi) is 5.87. The van der Waals surface area contributed by atoms with Crippen molar-refractivity contribution in [2.24, 2.45) is 0 Å². The standard InChI is InChI=1S/C14H9I3N2O3/c15-7-5-8(16)12(18)11(17)10(7)13(20)19-9-4-2-1-3-6(9)14(21)22/h1-5H,18H2,(H,19,20)(H,21,22). The minimum atomic E-state index is -1.09. The largest absolute Gasteiger partial charge is 0.478 e. The van der Waals surface area contributed by atoms with Gasteiger partial charge in [-0.25, -0.2) is 4.79 Å². The first-order valence-electron chi connectivity index (χ1n) is 5.89. The summed E-state index contributed by atoms with van der Waals surface area (Å²) < 4.78 is 2.28. The SMILES string of the molecule is Nc1c(I)cc(I)c(C(=O)Nc2ccccc2C(=O)O)c1I. The zero-order valence-corrected chi connectivity index (χ0v) is 17.3. The van der Waals surface area contributed by atoms with Gasteiger partial charge in [0.25, 0.3) is 5.91 Å². The molecule has 0 unspecified atom stereocenters. The molecule has 0 spiro atoms. The first kappa shape index (κ1) is 17.7. The summed E-state index contributed by atoms with van der Waals surface area (Å²) in [4.78, 5) is 23.7. The molecule has 0 fully saturated rings. The molecule has 0 bridgehead atoms. The van der Waals surface area contributed by atoms with Gasteiger partial charge in [-0.1, -0.05) is 12.1 Å². The van der Waals surface area contributed by atoms with Crippen LogP contribution in [0.4, 0.5) is 11.4 Å². The molecule has 2 rings (SSSR count). The first-order chi connectivity index (χ1) is 10.3. The maximum atomic E-state index is 12.5. The van der Waals surface area contributed by atoms with Crippen LogP contribution in [0, 0.1) is 10.7 Å². The molecule has 0 atom stereocenters. The number of carboxylic acids is 1. The summed E-state index contributed by atoms with van der Waals surface area (Å²) in [6.07, 6.45) is 0. The molecule has 0 saturated carbocycles. The minimum absolute atomic E-state index is 0.0411. The van der Waals surface area contributed by atoms with Gasteiger partial charge < -0.3 is 16.2 Å². The van der Waals surface area contributed by atoms with Crippen molar-refractivity contribution in [3.63, 3.8) is 0 Å². The summed E-state index contributed by atoms with van der Waals surface area (Å²) in [5.74, 6) is -1.48. The lowest BCUT2D eigenvalue weighted by atomic mass is 10.1. The maximum absolute atomic E-state index is 12.5. The fraction of sp³-hybridized carbons (Fsp3) is 0. The molecule has 0 radical (unpaired) electrons. The number of rotatable bonds is 3. The van der Waals surface area contributed by atoms with E-state index in [9.17, 15) is 9.59 Å². The van der Waals surface area contributed by atoms with Crippen LogP contribution in [0.1, 0.15) is 20.7 Å². The zero-order chi connectivity index (χ0) is 16.4. The Bertz CT molecular complexity index is 778. The van der Waals surface area contributed by atoms with Crippen LogP contribution in [0.25, 0.3) is 0 Å². The van der Waals surface area contributed by atoms with Gasteiger partial charge >= 0.3 is 5.97 Å². The number of benzene rings is 2. The molecular weight excluding hydrogens is 625 g/mol. The van der Waals surface area contributed by atoms with Crippen LogP contribution in [-0.4, -0.2) is 17.0 Å². The van der Waals surface area contributed by atoms with Gasteiger partial charge in [-0.3, -0.25) is 4.79 Å². The highest BCUT2D eigenvalue weighted by atomic mass is 127. The van der Waals surface area contributed by atoms with E-state index in [4.69, 9.17) is 10.8 Å². The van der Waals surface area contributed by atoms with Crippen LogP contribution in [-0.2, 0) is 0 Å². The number of para-hydroxylation sites is 1. The summed E-state index contributed by atoms with van der Waals surface area (Å²) in [6.45, 7) is 0. The van der Waals surface area contributed by atoms with Crippen LogP contribution >= 0.6 is 67.8 Å². The van der Waals surface area contributed by atoms with E-state index in [-0.39, 0.29) is 17.2 Å². The topological polar surface area (TPSA) is 92.4 Å². The average Bonchev–Trinajstić information content (AvgIpc) is 2.45. The number of anilines is 2. The molecule has 22 heavy (non-hydrogen) atoms. The van der Waals surface area contributed by atoms with Crippen molar-refractivity contribution >= 4 is 91.0 Å². The van der Waals surface area contributed by atoms with E-state index >= 15 is 0 Å². The number of carboxylic acid groups (broad SMARTS) is 1. The molecule has 0 heterocycles. The van der Waals surface area contributed by atoms with E-state index < -0.39 is 5.97 Å². The molecule has 0 aromatic heterocycles. The molecule has 5 nitrogen and oxygen atoms in total. The van der Waals surface area contributed by atoms with E-state index in [2.05, 4.69) is 50.5 Å². The van der Waals surface area contributed by atoms with E-state index in [0.717, 1.165) is 7.14 Å². The van der Waals surface area contributed by atoms with Crippen molar-refractivity contribution in [1.82, 2.24) is 0 Å². The minimum Gasteiger partial charge on any atom is -0.478 e. The van der Waals surface area contributed by atoms with Crippen molar-refractivity contribution in [1.29, 1.82) is 0 Å². The van der Waals surface area contributed by atoms with Crippen LogP contribution in [0.2, 0.25) is 0 Å². The summed E-state index contributed by atoms with van der Waals surface area (Å²) in [6, 6.07) is 8.08. The van der Waals surface area contributed by atoms with Crippen molar-refractivity contribution in [3.05, 3.63) is 52.2 Å². The van der Waals surface area contributed by atoms with E-state index in [0.29, 0.717) is 14.8 Å². The monoisotopic (exact) mass is 634 g/mol. The Morgan fingerprint density at radius 2 is 1.73 bits per heavy atom. The Hall–Kier alpha value is -0.630. The number of nitrogens with two attached hydrogens (primary N) is 1. The fourth-order valence-electron chi connectivity index (χ4n) is 1.78. The normalized spacial score (nSPS) is 10.3. The lowest BCUT2D eigenvalue weighted by Gasteiger charge is -2.13. The number of carbonyl (C=O) groups excluding carboxylic acids is 1. The highest BCUT2D eigenvalue weighted by Gasteiger charge is 2.20. The third kappa shape index (κ3) is 3.64. The lowest BCUT2D eigenvalue weighted by Crippen LogP contribution is -2.18. The zero-order valence-electron chi connectivity index (χ0n) is 10.9. The van der Waals surface area contributed by atoms with Gasteiger partial charge in [0.05, 0.1) is 26.1 Å². The highest BCUT2D eigenvalue weighted by Crippen LogP contribution is 2.30. The second-order valence-corrected chi connectivity index (χ2v) is 7.65. The Morgan fingerprint density at radius 3 is 2.36 bits per heavy atom. The Labute approximate surface area is 167 Å². The van der Waals surface area contributed by atoms with Gasteiger partial charge in [-0.2, -0.15) is 0 Å². The van der Waals surface area contributed by atoms with Crippen molar-refractivity contribution in [3.8, 4) is 0 Å². The van der Waals surface area contributed by atoms with Gasteiger partial charge in [0, 0.05) is 7.14 Å². The van der Waals surface area contributed by atoms with Crippen molar-refractivity contribution in [2.45, 2.75) is 0 Å². The predicted molar refractivity (Wildman–Crippen MR) is 110 cm³/mol. The van der Waals surface area contributed by atoms with Crippen molar-refractivity contribution < 1.29 is 14.7 Å². The van der Waals surface area contributed by atoms with Gasteiger partial charge in [-0.05, 0) is 86.0 Å². The molecule has 0 aliphatic carbocycles. The van der Waals surface area contributed by atoms with Gasteiger partial charge in [-0.15, -0.1) is 0 Å². The molecule has 8 heteroatoms. The van der Waals surface area contributed by atoms with Gasteiger partial charge in [0.1, 0.15) is 0 Å². The Morgan fingerprint density at radius 1 is 1.09 bits per heavy atom. The highest BCUT2D eigenvalue weighted by molar-refractivity contribution is 14.1. The predicted octanol–water partition coefficient (Wildman–Crippen LogP) is 4.03. The quantitative estimate of drug-likeness (QED) is 0.352. The van der Waals surface area contributed by atoms with Crippen LogP contribution < -0.4 is 11.1 Å². The summed E-state index contributed by atoms with van der Waals surface area (Å²) in [5, 5.41) is 11.8. The van der Waals surface area contributed by atoms with E-state index in [1.165, 1.54) is 6.07 Å². The molecule has 0 aliphatic rings. The first-order valence-corrected chi connectivity index (χ1v) is 9.13. The smallest absolute Gasteiger partial charge is 0.337 e. The number of halogens is 3. The second kappa shape index (κ2) is 7.29. The number of carbonyl (C=O) groups is 2. The summed E-state index contributed by atoms with van der Waals surface area (Å²) in [7, 11) is 0. The number of nitrogen functional groups attached to an aromatic ring is 1. The number of hydrogen-bond donors (Lipinski definition) is 3.